The van der Waals surface area contributed by atoms with Gasteiger partial charge >= 0.3 is 0 Å². The Bertz CT molecular complexity index is 2410. The van der Waals surface area contributed by atoms with E-state index in [0.29, 0.717) is 0 Å². The van der Waals surface area contributed by atoms with Crippen LogP contribution in [0.2, 0.25) is 0 Å². The van der Waals surface area contributed by atoms with Crippen LogP contribution < -0.4 is 0 Å². The summed E-state index contributed by atoms with van der Waals surface area (Å²) in [5.41, 5.74) is 14.3. The Morgan fingerprint density at radius 1 is 0.370 bits per heavy atom. The largest absolute Gasteiger partial charge is 0.247 e. The summed E-state index contributed by atoms with van der Waals surface area (Å²) in [5, 5.41) is 7.57. The van der Waals surface area contributed by atoms with Gasteiger partial charge in [0.05, 0.1) is 22.8 Å². The third-order valence-electron chi connectivity index (χ3n) is 11.1. The van der Waals surface area contributed by atoms with E-state index in [4.69, 9.17) is 9.97 Å². The number of benzene rings is 6. The van der Waals surface area contributed by atoms with E-state index in [1.165, 1.54) is 76.8 Å². The molecule has 0 bridgehead atoms. The highest BCUT2D eigenvalue weighted by Gasteiger charge is 2.37. The topological polar surface area (TPSA) is 25.8 Å². The minimum atomic E-state index is -0.0556. The van der Waals surface area contributed by atoms with Gasteiger partial charge in [0.2, 0.25) is 0 Å². The first kappa shape index (κ1) is 25.9. The molecule has 0 fully saturated rings. The maximum absolute atomic E-state index is 5.36. The van der Waals surface area contributed by atoms with Crippen molar-refractivity contribution >= 4 is 32.3 Å². The fraction of sp³-hybridized carbons (Fsp3) is 0.136. The van der Waals surface area contributed by atoms with Gasteiger partial charge in [-0.3, -0.25) is 0 Å². The molecule has 0 atom stereocenters. The average Bonchev–Trinajstić information content (AvgIpc) is 3.46. The van der Waals surface area contributed by atoms with Gasteiger partial charge in [0.15, 0.2) is 0 Å². The first-order valence-corrected chi connectivity index (χ1v) is 16.3. The zero-order valence-electron chi connectivity index (χ0n) is 26.4. The summed E-state index contributed by atoms with van der Waals surface area (Å²) in [7, 11) is 0. The molecule has 2 nitrogen and oxygen atoms in total. The standard InChI is InChI=1S/C44H32N2/c1-43(2)33-11-7-5-9-31(33)41-35(43)21-23-37(45-41)27-17-13-25-16-20-30-28(18-14-26-15-19-29(27)39(25)40(26)30)38-24-22-36-42(46-38)32-10-6-8-12-34(32)44(36,3)4/h5-24H,1-4H3. The smallest absolute Gasteiger partial charge is 0.0753 e. The molecule has 2 heterocycles. The lowest BCUT2D eigenvalue weighted by Crippen LogP contribution is -2.14. The van der Waals surface area contributed by atoms with E-state index in [9.17, 15) is 0 Å². The van der Waals surface area contributed by atoms with Crippen LogP contribution in [-0.4, -0.2) is 9.97 Å². The van der Waals surface area contributed by atoms with Crippen molar-refractivity contribution in [1.29, 1.82) is 0 Å². The molecule has 0 saturated heterocycles. The summed E-state index contributed by atoms with van der Waals surface area (Å²) >= 11 is 0. The monoisotopic (exact) mass is 588 g/mol. The van der Waals surface area contributed by atoms with Crippen LogP contribution in [0, 0.1) is 0 Å². The van der Waals surface area contributed by atoms with E-state index in [1.807, 2.05) is 0 Å². The zero-order valence-corrected chi connectivity index (χ0v) is 26.4. The predicted octanol–water partition coefficient (Wildman–Crippen LogP) is 11.3. The molecule has 0 N–H and O–H groups in total. The van der Waals surface area contributed by atoms with E-state index in [2.05, 4.69) is 149 Å². The van der Waals surface area contributed by atoms with Crippen LogP contribution in [0.25, 0.3) is 77.3 Å². The number of hydrogen-bond acceptors (Lipinski definition) is 2. The van der Waals surface area contributed by atoms with E-state index < -0.39 is 0 Å². The van der Waals surface area contributed by atoms with Crippen molar-refractivity contribution in [2.75, 3.05) is 0 Å². The van der Waals surface area contributed by atoms with Gasteiger partial charge in [-0.05, 0) is 66.7 Å². The number of fused-ring (bicyclic) bond motifs is 6. The van der Waals surface area contributed by atoms with Gasteiger partial charge in [-0.25, -0.2) is 9.97 Å². The quantitative estimate of drug-likeness (QED) is 0.188. The van der Waals surface area contributed by atoms with Crippen molar-refractivity contribution < 1.29 is 0 Å². The molecule has 6 aromatic carbocycles. The van der Waals surface area contributed by atoms with E-state index in [1.54, 1.807) is 0 Å². The highest BCUT2D eigenvalue weighted by atomic mass is 14.8. The van der Waals surface area contributed by atoms with Crippen LogP contribution in [0.1, 0.15) is 49.9 Å². The van der Waals surface area contributed by atoms with Gasteiger partial charge in [0.1, 0.15) is 0 Å². The lowest BCUT2D eigenvalue weighted by Gasteiger charge is -2.21. The molecular formula is C44H32N2. The average molecular weight is 589 g/mol. The first-order valence-electron chi connectivity index (χ1n) is 16.3. The Morgan fingerprint density at radius 3 is 1.24 bits per heavy atom. The molecule has 0 radical (unpaired) electrons. The van der Waals surface area contributed by atoms with Gasteiger partial charge in [-0.15, -0.1) is 0 Å². The Labute approximate surface area is 268 Å². The predicted molar refractivity (Wildman–Crippen MR) is 192 cm³/mol. The molecule has 46 heavy (non-hydrogen) atoms. The van der Waals surface area contributed by atoms with Crippen LogP contribution in [0.4, 0.5) is 0 Å². The molecule has 0 unspecified atom stereocenters. The second-order valence-electron chi connectivity index (χ2n) is 14.2. The summed E-state index contributed by atoms with van der Waals surface area (Å²) in [6, 6.07) is 44.7. The fourth-order valence-electron chi connectivity index (χ4n) is 8.64. The first-order chi connectivity index (χ1) is 22.3. The van der Waals surface area contributed by atoms with E-state index in [0.717, 1.165) is 22.8 Å². The molecule has 2 aliphatic carbocycles. The van der Waals surface area contributed by atoms with Crippen LogP contribution in [0.3, 0.4) is 0 Å². The maximum atomic E-state index is 5.36. The minimum absolute atomic E-state index is 0.0556. The van der Waals surface area contributed by atoms with Crippen LogP contribution in [-0.2, 0) is 10.8 Å². The van der Waals surface area contributed by atoms with Crippen molar-refractivity contribution in [2.24, 2.45) is 0 Å². The molecule has 218 valence electrons. The van der Waals surface area contributed by atoms with Crippen molar-refractivity contribution in [1.82, 2.24) is 9.97 Å². The Balaban J connectivity index is 1.18. The zero-order chi connectivity index (χ0) is 30.9. The summed E-state index contributed by atoms with van der Waals surface area (Å²) in [6.07, 6.45) is 0. The molecule has 0 spiro atoms. The third kappa shape index (κ3) is 3.21. The molecule has 2 aromatic heterocycles. The van der Waals surface area contributed by atoms with Gasteiger partial charge in [0, 0.05) is 33.1 Å². The molecular weight excluding hydrogens is 556 g/mol. The Kier molecular flexibility index (Phi) is 4.89. The molecule has 2 aliphatic rings. The van der Waals surface area contributed by atoms with E-state index >= 15 is 0 Å². The lowest BCUT2D eigenvalue weighted by molar-refractivity contribution is 0.659. The fourth-order valence-corrected chi connectivity index (χ4v) is 8.64. The van der Waals surface area contributed by atoms with Crippen molar-refractivity contribution in [3.8, 4) is 45.0 Å². The van der Waals surface area contributed by atoms with Gasteiger partial charge in [-0.2, -0.15) is 0 Å². The van der Waals surface area contributed by atoms with Crippen molar-refractivity contribution in [3.63, 3.8) is 0 Å². The Morgan fingerprint density at radius 2 is 0.783 bits per heavy atom. The van der Waals surface area contributed by atoms with Gasteiger partial charge in [0.25, 0.3) is 0 Å². The number of pyridine rings is 2. The van der Waals surface area contributed by atoms with Gasteiger partial charge in [-0.1, -0.05) is 137 Å². The number of rotatable bonds is 2. The van der Waals surface area contributed by atoms with Crippen molar-refractivity contribution in [3.05, 3.63) is 144 Å². The van der Waals surface area contributed by atoms with Crippen LogP contribution in [0.5, 0.6) is 0 Å². The van der Waals surface area contributed by atoms with E-state index in [-0.39, 0.29) is 10.8 Å². The third-order valence-corrected chi connectivity index (χ3v) is 11.1. The maximum Gasteiger partial charge on any atom is 0.0753 e. The number of hydrogen-bond donors (Lipinski definition) is 0. The molecule has 0 aliphatic heterocycles. The van der Waals surface area contributed by atoms with Crippen LogP contribution in [0.15, 0.2) is 121 Å². The summed E-state index contributed by atoms with van der Waals surface area (Å²) in [6.45, 7) is 9.23. The van der Waals surface area contributed by atoms with Gasteiger partial charge < -0.3 is 0 Å². The second-order valence-corrected chi connectivity index (χ2v) is 14.2. The number of aromatic nitrogens is 2. The molecule has 0 amide bonds. The summed E-state index contributed by atoms with van der Waals surface area (Å²) in [5.74, 6) is 0. The highest BCUT2D eigenvalue weighted by Crippen LogP contribution is 2.50. The van der Waals surface area contributed by atoms with Crippen molar-refractivity contribution in [2.45, 2.75) is 38.5 Å². The lowest BCUT2D eigenvalue weighted by atomic mass is 9.82. The molecule has 10 rings (SSSR count). The minimum Gasteiger partial charge on any atom is -0.247 e. The SMILES string of the molecule is CC1(C)c2ccccc2-c2nc(-c3ccc4ccc5c(-c6ccc7c(n6)-c6ccccc6C7(C)C)ccc6ccc3c4c65)ccc21. The summed E-state index contributed by atoms with van der Waals surface area (Å²) < 4.78 is 0. The number of nitrogens with zero attached hydrogens (tertiary/aromatic N) is 2. The highest BCUT2D eigenvalue weighted by molar-refractivity contribution is 6.27. The molecule has 2 heteroatoms. The Hall–Kier alpha value is -5.34. The molecule has 8 aromatic rings. The second kappa shape index (κ2) is 8.68. The molecule has 0 saturated carbocycles. The van der Waals surface area contributed by atoms with Crippen LogP contribution >= 0.6 is 0 Å². The summed E-state index contributed by atoms with van der Waals surface area (Å²) in [4.78, 5) is 10.7. The normalized spacial score (nSPS) is 15.3.